The Balaban J connectivity index is 1.62. The molecule has 5 heteroatoms. The molecule has 5 nitrogen and oxygen atoms in total. The Morgan fingerprint density at radius 1 is 1.20 bits per heavy atom. The quantitative estimate of drug-likeness (QED) is 0.799. The first-order chi connectivity index (χ1) is 12.1. The minimum Gasteiger partial charge on any atom is -0.508 e. The molecule has 0 aliphatic carbocycles. The number of hydrogen-bond acceptors (Lipinski definition) is 4. The van der Waals surface area contributed by atoms with Crippen LogP contribution in [0.3, 0.4) is 0 Å². The fourth-order valence-corrected chi connectivity index (χ4v) is 3.64. The molecule has 2 aromatic heterocycles. The molecular weight excluding hydrogens is 314 g/mol. The Morgan fingerprint density at radius 3 is 2.80 bits per heavy atom. The molecule has 3 aromatic rings. The van der Waals surface area contributed by atoms with E-state index in [1.807, 2.05) is 37.4 Å². The highest BCUT2D eigenvalue weighted by atomic mass is 16.3. The summed E-state index contributed by atoms with van der Waals surface area (Å²) < 4.78 is 1.60. The van der Waals surface area contributed by atoms with Crippen LogP contribution < -0.4 is 5.56 Å². The highest BCUT2D eigenvalue weighted by Crippen LogP contribution is 2.33. The minimum absolute atomic E-state index is 0.0379. The van der Waals surface area contributed by atoms with Gasteiger partial charge in [0.05, 0.1) is 5.69 Å². The molecule has 1 atom stereocenters. The number of hydrogen-bond donors (Lipinski definition) is 1. The Bertz CT molecular complexity index is 963. The van der Waals surface area contributed by atoms with E-state index in [0.29, 0.717) is 18.2 Å². The second-order valence-electron chi connectivity index (χ2n) is 6.74. The number of aryl methyl sites for hydroxylation is 1. The van der Waals surface area contributed by atoms with Crippen molar-refractivity contribution in [3.05, 3.63) is 75.8 Å². The normalized spacial score (nSPS) is 18.0. The van der Waals surface area contributed by atoms with Gasteiger partial charge in [0, 0.05) is 24.8 Å². The van der Waals surface area contributed by atoms with Crippen molar-refractivity contribution in [3.63, 3.8) is 0 Å². The zero-order valence-corrected chi connectivity index (χ0v) is 14.2. The summed E-state index contributed by atoms with van der Waals surface area (Å²) in [7, 11) is 0. The fraction of sp³-hybridized carbons (Fsp3) is 0.300. The lowest BCUT2D eigenvalue weighted by atomic mass is 10.0. The van der Waals surface area contributed by atoms with Gasteiger partial charge >= 0.3 is 0 Å². The summed E-state index contributed by atoms with van der Waals surface area (Å²) >= 11 is 0. The molecule has 0 bridgehead atoms. The molecule has 1 saturated heterocycles. The summed E-state index contributed by atoms with van der Waals surface area (Å²) in [6.07, 6.45) is 4.03. The molecule has 0 saturated carbocycles. The molecule has 0 unspecified atom stereocenters. The molecule has 25 heavy (non-hydrogen) atoms. The summed E-state index contributed by atoms with van der Waals surface area (Å²) in [5.74, 6) is 0.285. The molecule has 4 rings (SSSR count). The van der Waals surface area contributed by atoms with Gasteiger partial charge in [0.25, 0.3) is 5.56 Å². The van der Waals surface area contributed by atoms with E-state index in [9.17, 15) is 9.90 Å². The smallest absolute Gasteiger partial charge is 0.258 e. The van der Waals surface area contributed by atoms with Gasteiger partial charge in [0.1, 0.15) is 11.4 Å². The Labute approximate surface area is 146 Å². The first-order valence-corrected chi connectivity index (χ1v) is 8.62. The lowest BCUT2D eigenvalue weighted by Crippen LogP contribution is -2.25. The molecule has 1 aliphatic rings. The number of fused-ring (bicyclic) bond motifs is 1. The number of pyridine rings is 1. The van der Waals surface area contributed by atoms with Crippen molar-refractivity contribution in [3.8, 4) is 5.75 Å². The van der Waals surface area contributed by atoms with Crippen molar-refractivity contribution in [2.45, 2.75) is 32.4 Å². The van der Waals surface area contributed by atoms with E-state index in [4.69, 9.17) is 0 Å². The third kappa shape index (κ3) is 3.15. The van der Waals surface area contributed by atoms with Crippen LogP contribution in [0.4, 0.5) is 0 Å². The van der Waals surface area contributed by atoms with Gasteiger partial charge in [0.2, 0.25) is 0 Å². The lowest BCUT2D eigenvalue weighted by Gasteiger charge is -2.24. The maximum atomic E-state index is 12.4. The van der Waals surface area contributed by atoms with E-state index in [2.05, 4.69) is 9.88 Å². The Morgan fingerprint density at radius 2 is 2.00 bits per heavy atom. The van der Waals surface area contributed by atoms with Crippen LogP contribution in [0.25, 0.3) is 5.65 Å². The van der Waals surface area contributed by atoms with Gasteiger partial charge in [-0.05, 0) is 55.6 Å². The van der Waals surface area contributed by atoms with Gasteiger partial charge in [-0.2, -0.15) is 0 Å². The predicted octanol–water partition coefficient (Wildman–Crippen LogP) is 3.05. The first-order valence-electron chi connectivity index (χ1n) is 8.62. The number of rotatable bonds is 3. The van der Waals surface area contributed by atoms with Crippen LogP contribution in [0, 0.1) is 6.92 Å². The maximum Gasteiger partial charge on any atom is 0.258 e. The monoisotopic (exact) mass is 335 g/mol. The summed E-state index contributed by atoms with van der Waals surface area (Å²) in [5, 5.41) is 9.49. The second kappa shape index (κ2) is 6.33. The van der Waals surface area contributed by atoms with Crippen LogP contribution in [0.5, 0.6) is 5.75 Å². The molecule has 3 heterocycles. The van der Waals surface area contributed by atoms with Crippen LogP contribution in [0.1, 0.15) is 35.7 Å². The number of nitrogens with zero attached hydrogens (tertiary/aromatic N) is 3. The molecule has 0 spiro atoms. The van der Waals surface area contributed by atoms with Crippen molar-refractivity contribution < 1.29 is 5.11 Å². The van der Waals surface area contributed by atoms with E-state index in [1.54, 1.807) is 22.6 Å². The van der Waals surface area contributed by atoms with Gasteiger partial charge < -0.3 is 5.11 Å². The van der Waals surface area contributed by atoms with E-state index < -0.39 is 0 Å². The maximum absolute atomic E-state index is 12.4. The molecule has 0 radical (unpaired) electrons. The van der Waals surface area contributed by atoms with Crippen molar-refractivity contribution in [2.75, 3.05) is 6.54 Å². The molecule has 1 aliphatic heterocycles. The minimum atomic E-state index is -0.0379. The highest BCUT2D eigenvalue weighted by molar-refractivity contribution is 5.40. The molecule has 0 amide bonds. The number of benzene rings is 1. The SMILES string of the molecule is Cc1ccc2nc(CN3CCC[C@H]3c3ccc(O)cc3)cc(=O)n2c1. The van der Waals surface area contributed by atoms with E-state index in [0.717, 1.165) is 30.6 Å². The summed E-state index contributed by atoms with van der Waals surface area (Å²) in [6, 6.07) is 13.2. The van der Waals surface area contributed by atoms with Gasteiger partial charge in [-0.3, -0.25) is 14.1 Å². The van der Waals surface area contributed by atoms with Crippen molar-refractivity contribution in [1.29, 1.82) is 0 Å². The zero-order valence-electron chi connectivity index (χ0n) is 14.2. The molecular formula is C20H21N3O2. The molecule has 1 N–H and O–H groups in total. The highest BCUT2D eigenvalue weighted by Gasteiger charge is 2.26. The molecule has 1 fully saturated rings. The largest absolute Gasteiger partial charge is 0.508 e. The summed E-state index contributed by atoms with van der Waals surface area (Å²) in [5.41, 5.74) is 3.69. The second-order valence-corrected chi connectivity index (χ2v) is 6.74. The summed E-state index contributed by atoms with van der Waals surface area (Å²) in [4.78, 5) is 19.4. The first kappa shape index (κ1) is 15.8. The number of phenols is 1. The van der Waals surface area contributed by atoms with Gasteiger partial charge in [-0.1, -0.05) is 18.2 Å². The predicted molar refractivity (Wildman–Crippen MR) is 96.7 cm³/mol. The van der Waals surface area contributed by atoms with Gasteiger partial charge in [0.15, 0.2) is 0 Å². The van der Waals surface area contributed by atoms with Gasteiger partial charge in [-0.25, -0.2) is 4.98 Å². The zero-order chi connectivity index (χ0) is 17.4. The van der Waals surface area contributed by atoms with Crippen molar-refractivity contribution >= 4 is 5.65 Å². The third-order valence-electron chi connectivity index (χ3n) is 4.87. The lowest BCUT2D eigenvalue weighted by molar-refractivity contribution is 0.245. The van der Waals surface area contributed by atoms with Crippen LogP contribution >= 0.6 is 0 Å². The fourth-order valence-electron chi connectivity index (χ4n) is 3.64. The van der Waals surface area contributed by atoms with Crippen LogP contribution in [0.2, 0.25) is 0 Å². The van der Waals surface area contributed by atoms with Crippen molar-refractivity contribution in [2.24, 2.45) is 0 Å². The van der Waals surface area contributed by atoms with E-state index >= 15 is 0 Å². The molecule has 1 aromatic carbocycles. The molecule has 128 valence electrons. The Hall–Kier alpha value is -2.66. The van der Waals surface area contributed by atoms with E-state index in [-0.39, 0.29) is 11.3 Å². The number of aromatic nitrogens is 2. The standard InChI is InChI=1S/C20H21N3O2/c1-14-4-9-19-21-16(11-20(25)23(19)12-14)13-22-10-2-3-18(22)15-5-7-17(24)8-6-15/h4-9,11-12,18,24H,2-3,10,13H2,1H3/t18-/m0/s1. The number of aromatic hydroxyl groups is 1. The van der Waals surface area contributed by atoms with Gasteiger partial charge in [-0.15, -0.1) is 0 Å². The average molecular weight is 335 g/mol. The van der Waals surface area contributed by atoms with Crippen LogP contribution in [0.15, 0.2) is 53.5 Å². The third-order valence-corrected chi connectivity index (χ3v) is 4.87. The van der Waals surface area contributed by atoms with Crippen LogP contribution in [-0.2, 0) is 6.54 Å². The number of likely N-dealkylation sites (tertiary alicyclic amines) is 1. The Kier molecular flexibility index (Phi) is 4.01. The summed E-state index contributed by atoms with van der Waals surface area (Å²) in [6.45, 7) is 3.61. The average Bonchev–Trinajstić information content (AvgIpc) is 3.04. The number of phenolic OH excluding ortho intramolecular Hbond substituents is 1. The van der Waals surface area contributed by atoms with Crippen LogP contribution in [-0.4, -0.2) is 25.9 Å². The van der Waals surface area contributed by atoms with Crippen molar-refractivity contribution in [1.82, 2.24) is 14.3 Å². The topological polar surface area (TPSA) is 57.8 Å². The van der Waals surface area contributed by atoms with E-state index in [1.165, 1.54) is 5.56 Å².